The first-order chi connectivity index (χ1) is 10.1. The van der Waals surface area contributed by atoms with Gasteiger partial charge in [0.05, 0.1) is 5.01 Å². The normalized spacial score (nSPS) is 10.6. The zero-order valence-corrected chi connectivity index (χ0v) is 13.6. The number of nitrogens with one attached hydrogen (secondary N) is 1. The molecular formula is C14H17N3O2S2. The molecule has 0 radical (unpaired) electrons. The number of hydrogen-bond acceptors (Lipinski definition) is 6. The van der Waals surface area contributed by atoms with Crippen LogP contribution in [0.25, 0.3) is 10.7 Å². The molecular weight excluding hydrogens is 306 g/mol. The Morgan fingerprint density at radius 2 is 2.05 bits per heavy atom. The molecule has 5 nitrogen and oxygen atoms in total. The van der Waals surface area contributed by atoms with Crippen LogP contribution >= 0.6 is 22.7 Å². The van der Waals surface area contributed by atoms with Crippen molar-refractivity contribution in [3.63, 3.8) is 0 Å². The van der Waals surface area contributed by atoms with Gasteiger partial charge in [0.25, 0.3) is 0 Å². The Labute approximate surface area is 131 Å². The molecule has 0 unspecified atom stereocenters. The highest BCUT2D eigenvalue weighted by molar-refractivity contribution is 7.14. The minimum atomic E-state index is -0.0356. The maximum Gasteiger partial charge on any atom is 0.219 e. The highest BCUT2D eigenvalue weighted by Crippen LogP contribution is 2.25. The highest BCUT2D eigenvalue weighted by atomic mass is 32.1. The summed E-state index contributed by atoms with van der Waals surface area (Å²) in [5.74, 6) is 0.0480. The fourth-order valence-corrected chi connectivity index (χ4v) is 3.38. The van der Waals surface area contributed by atoms with Crippen LogP contribution in [0.2, 0.25) is 0 Å². The summed E-state index contributed by atoms with van der Waals surface area (Å²) in [7, 11) is 0. The Morgan fingerprint density at radius 1 is 1.24 bits per heavy atom. The number of ketones is 1. The molecule has 0 aliphatic rings. The second-order valence-corrected chi connectivity index (χ2v) is 6.37. The number of amides is 1. The molecule has 1 amide bonds. The molecule has 2 rings (SSSR count). The summed E-state index contributed by atoms with van der Waals surface area (Å²) in [5.41, 5.74) is 1.28. The maximum atomic E-state index is 11.4. The van der Waals surface area contributed by atoms with E-state index in [2.05, 4.69) is 15.3 Å². The van der Waals surface area contributed by atoms with Crippen molar-refractivity contribution in [1.82, 2.24) is 15.3 Å². The SMILES string of the molecule is CCCC(=O)NCCc1nc(-c2nc(C(C)=O)cs2)cs1. The van der Waals surface area contributed by atoms with Crippen LogP contribution in [-0.2, 0) is 11.2 Å². The average molecular weight is 323 g/mol. The molecule has 0 aliphatic heterocycles. The predicted octanol–water partition coefficient (Wildman–Crippen LogP) is 2.93. The van der Waals surface area contributed by atoms with E-state index in [1.54, 1.807) is 16.7 Å². The minimum absolute atomic E-state index is 0.0356. The molecule has 2 aromatic rings. The molecule has 0 aromatic carbocycles. The van der Waals surface area contributed by atoms with E-state index in [0.717, 1.165) is 22.1 Å². The fraction of sp³-hybridized carbons (Fsp3) is 0.429. The lowest BCUT2D eigenvalue weighted by molar-refractivity contribution is -0.121. The molecule has 2 heterocycles. The zero-order chi connectivity index (χ0) is 15.2. The lowest BCUT2D eigenvalue weighted by atomic mass is 10.3. The molecule has 0 saturated carbocycles. The number of carbonyl (C=O) groups excluding carboxylic acids is 2. The molecule has 0 spiro atoms. The number of carbonyl (C=O) groups is 2. The highest BCUT2D eigenvalue weighted by Gasteiger charge is 2.11. The quantitative estimate of drug-likeness (QED) is 0.795. The number of thiazole rings is 2. The fourth-order valence-electron chi connectivity index (χ4n) is 1.70. The van der Waals surface area contributed by atoms with Crippen molar-refractivity contribution in [1.29, 1.82) is 0 Å². The third-order valence-corrected chi connectivity index (χ3v) is 4.55. The number of Topliss-reactive ketones (excluding diaryl/α,β-unsaturated/α-hetero) is 1. The van der Waals surface area contributed by atoms with Crippen LogP contribution in [0.3, 0.4) is 0 Å². The van der Waals surface area contributed by atoms with Crippen molar-refractivity contribution in [3.05, 3.63) is 21.5 Å². The molecule has 2 aromatic heterocycles. The molecule has 0 bridgehead atoms. The van der Waals surface area contributed by atoms with Gasteiger partial charge in [-0.05, 0) is 6.42 Å². The lowest BCUT2D eigenvalue weighted by Gasteiger charge is -2.01. The number of nitrogens with zero attached hydrogens (tertiary/aromatic N) is 2. The molecule has 0 saturated heterocycles. The van der Waals surface area contributed by atoms with E-state index >= 15 is 0 Å². The van der Waals surface area contributed by atoms with E-state index in [-0.39, 0.29) is 11.7 Å². The predicted molar refractivity (Wildman–Crippen MR) is 84.8 cm³/mol. The smallest absolute Gasteiger partial charge is 0.219 e. The van der Waals surface area contributed by atoms with Gasteiger partial charge in [0.15, 0.2) is 5.78 Å². The molecule has 1 N–H and O–H groups in total. The average Bonchev–Trinajstić information content (AvgIpc) is 3.07. The van der Waals surface area contributed by atoms with Crippen LogP contribution < -0.4 is 5.32 Å². The second kappa shape index (κ2) is 7.42. The third kappa shape index (κ3) is 4.44. The number of aromatic nitrogens is 2. The van der Waals surface area contributed by atoms with Crippen molar-refractivity contribution in [2.24, 2.45) is 0 Å². The van der Waals surface area contributed by atoms with Crippen molar-refractivity contribution in [2.45, 2.75) is 33.1 Å². The topological polar surface area (TPSA) is 72.0 Å². The molecule has 0 atom stereocenters. The van der Waals surface area contributed by atoms with E-state index in [1.807, 2.05) is 12.3 Å². The lowest BCUT2D eigenvalue weighted by Crippen LogP contribution is -2.25. The van der Waals surface area contributed by atoms with Gasteiger partial charge in [-0.1, -0.05) is 6.92 Å². The Kier molecular flexibility index (Phi) is 5.58. The van der Waals surface area contributed by atoms with Crippen molar-refractivity contribution in [2.75, 3.05) is 6.54 Å². The third-order valence-electron chi connectivity index (χ3n) is 2.77. The van der Waals surface area contributed by atoms with Gasteiger partial charge >= 0.3 is 0 Å². The van der Waals surface area contributed by atoms with Gasteiger partial charge in [-0.2, -0.15) is 0 Å². The van der Waals surface area contributed by atoms with Crippen LogP contribution in [0, 0.1) is 0 Å². The maximum absolute atomic E-state index is 11.4. The Balaban J connectivity index is 1.91. The van der Waals surface area contributed by atoms with Crippen LogP contribution in [-0.4, -0.2) is 28.2 Å². The molecule has 0 aliphatic carbocycles. The molecule has 112 valence electrons. The zero-order valence-electron chi connectivity index (χ0n) is 12.0. The minimum Gasteiger partial charge on any atom is -0.356 e. The monoisotopic (exact) mass is 323 g/mol. The van der Waals surface area contributed by atoms with Crippen molar-refractivity contribution in [3.8, 4) is 10.7 Å². The summed E-state index contributed by atoms with van der Waals surface area (Å²) in [6.07, 6.45) is 2.14. The van der Waals surface area contributed by atoms with Crippen LogP contribution in [0.1, 0.15) is 42.2 Å². The van der Waals surface area contributed by atoms with E-state index in [1.165, 1.54) is 18.3 Å². The van der Waals surface area contributed by atoms with Gasteiger partial charge < -0.3 is 5.32 Å². The van der Waals surface area contributed by atoms with E-state index in [0.29, 0.717) is 25.1 Å². The van der Waals surface area contributed by atoms with E-state index < -0.39 is 0 Å². The largest absolute Gasteiger partial charge is 0.356 e. The van der Waals surface area contributed by atoms with Gasteiger partial charge in [-0.3, -0.25) is 9.59 Å². The summed E-state index contributed by atoms with van der Waals surface area (Å²) >= 11 is 2.97. The van der Waals surface area contributed by atoms with Crippen LogP contribution in [0.4, 0.5) is 0 Å². The van der Waals surface area contributed by atoms with Crippen LogP contribution in [0.15, 0.2) is 10.8 Å². The number of hydrogen-bond donors (Lipinski definition) is 1. The number of rotatable bonds is 7. The van der Waals surface area contributed by atoms with Crippen molar-refractivity contribution >= 4 is 34.4 Å². The van der Waals surface area contributed by atoms with E-state index in [9.17, 15) is 9.59 Å². The van der Waals surface area contributed by atoms with E-state index in [4.69, 9.17) is 0 Å². The first kappa shape index (κ1) is 15.8. The van der Waals surface area contributed by atoms with Gasteiger partial charge in [0.2, 0.25) is 5.91 Å². The van der Waals surface area contributed by atoms with Crippen LogP contribution in [0.5, 0.6) is 0 Å². The summed E-state index contributed by atoms with van der Waals surface area (Å²) in [6.45, 7) is 4.09. The molecule has 0 fully saturated rings. The summed E-state index contributed by atoms with van der Waals surface area (Å²) in [6, 6.07) is 0. The van der Waals surface area contributed by atoms with Crippen molar-refractivity contribution < 1.29 is 9.59 Å². The Morgan fingerprint density at radius 3 is 2.71 bits per heavy atom. The van der Waals surface area contributed by atoms with Gasteiger partial charge in [-0.25, -0.2) is 9.97 Å². The Hall–Kier alpha value is -1.60. The van der Waals surface area contributed by atoms with Gasteiger partial charge in [-0.15, -0.1) is 22.7 Å². The molecule has 21 heavy (non-hydrogen) atoms. The summed E-state index contributed by atoms with van der Waals surface area (Å²) < 4.78 is 0. The second-order valence-electron chi connectivity index (χ2n) is 4.57. The first-order valence-corrected chi connectivity index (χ1v) is 8.54. The standard InChI is InChI=1S/C14H17N3O2S2/c1-3-4-12(19)15-6-5-13-16-11(8-20-13)14-17-10(7-21-14)9(2)18/h7-8H,3-6H2,1-2H3,(H,15,19). The first-order valence-electron chi connectivity index (χ1n) is 6.78. The summed E-state index contributed by atoms with van der Waals surface area (Å²) in [5, 5.41) is 8.28. The summed E-state index contributed by atoms with van der Waals surface area (Å²) in [4.78, 5) is 31.4. The molecule has 7 heteroatoms. The van der Waals surface area contributed by atoms with Gasteiger partial charge in [0.1, 0.15) is 16.4 Å². The Bertz CT molecular complexity index is 634. The van der Waals surface area contributed by atoms with Gasteiger partial charge in [0, 0.05) is 37.1 Å².